The Labute approximate surface area is 148 Å². The van der Waals surface area contributed by atoms with E-state index in [9.17, 15) is 4.79 Å². The topological polar surface area (TPSA) is 44.7 Å². The summed E-state index contributed by atoms with van der Waals surface area (Å²) in [4.78, 5) is 13.0. The van der Waals surface area contributed by atoms with E-state index >= 15 is 0 Å². The minimum absolute atomic E-state index is 0.0892. The van der Waals surface area contributed by atoms with Crippen molar-refractivity contribution >= 4 is 22.7 Å². The molecule has 1 amide bonds. The van der Waals surface area contributed by atoms with E-state index in [1.165, 1.54) is 17.5 Å². The Kier molecular flexibility index (Phi) is 4.39. The lowest BCUT2D eigenvalue weighted by atomic mass is 9.86. The number of nitrogens with one attached hydrogen (secondary N) is 1. The lowest BCUT2D eigenvalue weighted by Gasteiger charge is -2.41. The van der Waals surface area contributed by atoms with Crippen molar-refractivity contribution < 1.29 is 4.79 Å². The van der Waals surface area contributed by atoms with Crippen molar-refractivity contribution in [1.29, 1.82) is 0 Å². The highest BCUT2D eigenvalue weighted by Gasteiger charge is 2.50. The molecule has 2 aliphatic heterocycles. The number of carbonyl (C=O) groups is 1. The normalized spacial score (nSPS) is 30.0. The van der Waals surface area contributed by atoms with Crippen LogP contribution in [0, 0.1) is 0 Å². The van der Waals surface area contributed by atoms with Gasteiger partial charge in [0, 0.05) is 0 Å². The van der Waals surface area contributed by atoms with Crippen LogP contribution in [-0.4, -0.2) is 28.5 Å². The molecule has 1 aliphatic carbocycles. The summed E-state index contributed by atoms with van der Waals surface area (Å²) in [5, 5.41) is 11.0. The molecule has 1 N–H and O–H groups in total. The van der Waals surface area contributed by atoms with E-state index in [-0.39, 0.29) is 16.8 Å². The number of hydrazone groups is 1. The van der Waals surface area contributed by atoms with Gasteiger partial charge in [0.25, 0.3) is 5.91 Å². The molecule has 2 atom stereocenters. The Bertz CT molecular complexity index is 666. The standard InChI is InChI=1S/C19H25N3OS/c1-14-21-22(18(23)17-11-3-2-6-13-20-17)19(24-14)12-7-9-15-8-4-5-10-16(15)19/h4-5,8,10,17,20H,2-3,6-7,9,11-13H2,1H3. The highest BCUT2D eigenvalue weighted by Crippen LogP contribution is 2.52. The maximum absolute atomic E-state index is 13.3. The fourth-order valence-corrected chi connectivity index (χ4v) is 5.63. The molecule has 5 heteroatoms. The van der Waals surface area contributed by atoms with E-state index < -0.39 is 0 Å². The van der Waals surface area contributed by atoms with Crippen LogP contribution in [0.3, 0.4) is 0 Å². The lowest BCUT2D eigenvalue weighted by molar-refractivity contribution is -0.137. The van der Waals surface area contributed by atoms with Gasteiger partial charge in [0.2, 0.25) is 0 Å². The van der Waals surface area contributed by atoms with Crippen LogP contribution in [0.25, 0.3) is 0 Å². The average Bonchev–Trinajstić information content (AvgIpc) is 2.79. The number of nitrogens with zero attached hydrogens (tertiary/aromatic N) is 2. The number of carbonyl (C=O) groups excluding carboxylic acids is 1. The molecule has 4 nitrogen and oxygen atoms in total. The Morgan fingerprint density at radius 3 is 3.08 bits per heavy atom. The quantitative estimate of drug-likeness (QED) is 0.847. The number of benzene rings is 1. The number of hydrogen-bond donors (Lipinski definition) is 1. The first-order chi connectivity index (χ1) is 11.7. The molecular formula is C19H25N3OS. The third-order valence-electron chi connectivity index (χ3n) is 5.37. The van der Waals surface area contributed by atoms with Crippen molar-refractivity contribution in [2.45, 2.75) is 62.8 Å². The molecule has 0 aromatic heterocycles. The monoisotopic (exact) mass is 343 g/mol. The Balaban J connectivity index is 1.70. The summed E-state index contributed by atoms with van der Waals surface area (Å²) in [6.07, 6.45) is 7.60. The summed E-state index contributed by atoms with van der Waals surface area (Å²) in [6, 6.07) is 8.50. The van der Waals surface area contributed by atoms with Crippen LogP contribution < -0.4 is 5.32 Å². The molecule has 0 radical (unpaired) electrons. The number of hydrogen-bond acceptors (Lipinski definition) is 4. The molecule has 1 fully saturated rings. The second-order valence-corrected chi connectivity index (χ2v) is 8.49. The molecule has 4 rings (SSSR count). The van der Waals surface area contributed by atoms with Gasteiger partial charge in [0.15, 0.2) is 0 Å². The van der Waals surface area contributed by atoms with Crippen LogP contribution in [0.1, 0.15) is 56.6 Å². The van der Waals surface area contributed by atoms with Crippen LogP contribution in [0.15, 0.2) is 29.4 Å². The first kappa shape index (κ1) is 16.2. The van der Waals surface area contributed by atoms with Gasteiger partial charge in [-0.25, -0.2) is 5.01 Å². The molecule has 3 aliphatic rings. The molecule has 0 saturated carbocycles. The van der Waals surface area contributed by atoms with E-state index in [2.05, 4.69) is 29.6 Å². The molecule has 24 heavy (non-hydrogen) atoms. The first-order valence-electron chi connectivity index (χ1n) is 9.11. The second-order valence-electron chi connectivity index (χ2n) is 7.02. The van der Waals surface area contributed by atoms with Crippen molar-refractivity contribution in [1.82, 2.24) is 10.3 Å². The van der Waals surface area contributed by atoms with Gasteiger partial charge < -0.3 is 5.32 Å². The van der Waals surface area contributed by atoms with Gasteiger partial charge in [-0.2, -0.15) is 5.10 Å². The number of aryl methyl sites for hydroxylation is 1. The molecule has 2 unspecified atom stereocenters. The third kappa shape index (κ3) is 2.68. The fraction of sp³-hybridized carbons (Fsp3) is 0.579. The van der Waals surface area contributed by atoms with Gasteiger partial charge in [-0.05, 0) is 56.7 Å². The number of fused-ring (bicyclic) bond motifs is 2. The summed E-state index contributed by atoms with van der Waals surface area (Å²) >= 11 is 1.76. The highest BCUT2D eigenvalue weighted by molar-refractivity contribution is 8.14. The van der Waals surface area contributed by atoms with Crippen LogP contribution in [0.4, 0.5) is 0 Å². The van der Waals surface area contributed by atoms with E-state index in [0.717, 1.165) is 50.1 Å². The molecule has 128 valence electrons. The predicted octanol–water partition coefficient (Wildman–Crippen LogP) is 3.62. The summed E-state index contributed by atoms with van der Waals surface area (Å²) in [5.41, 5.74) is 2.65. The van der Waals surface area contributed by atoms with E-state index in [0.29, 0.717) is 0 Å². The molecule has 1 aromatic rings. The van der Waals surface area contributed by atoms with Crippen LogP contribution in [-0.2, 0) is 16.1 Å². The van der Waals surface area contributed by atoms with E-state index in [4.69, 9.17) is 5.10 Å². The molecule has 1 saturated heterocycles. The van der Waals surface area contributed by atoms with Crippen molar-refractivity contribution in [3.05, 3.63) is 35.4 Å². The van der Waals surface area contributed by atoms with Gasteiger partial charge in [0.1, 0.15) is 4.87 Å². The number of thioether (sulfide) groups is 1. The average molecular weight is 343 g/mol. The van der Waals surface area contributed by atoms with Gasteiger partial charge in [-0.3, -0.25) is 4.79 Å². The van der Waals surface area contributed by atoms with Crippen molar-refractivity contribution in [3.8, 4) is 0 Å². The van der Waals surface area contributed by atoms with Crippen LogP contribution in [0.5, 0.6) is 0 Å². The molecular weight excluding hydrogens is 318 g/mol. The summed E-state index contributed by atoms with van der Waals surface area (Å²) in [5.74, 6) is 0.151. The predicted molar refractivity (Wildman–Crippen MR) is 98.9 cm³/mol. The number of rotatable bonds is 1. The maximum Gasteiger partial charge on any atom is 0.261 e. The van der Waals surface area contributed by atoms with Crippen molar-refractivity contribution in [2.24, 2.45) is 5.10 Å². The van der Waals surface area contributed by atoms with Gasteiger partial charge >= 0.3 is 0 Å². The number of amides is 1. The zero-order valence-corrected chi connectivity index (χ0v) is 15.1. The summed E-state index contributed by atoms with van der Waals surface area (Å²) < 4.78 is 0. The maximum atomic E-state index is 13.3. The van der Waals surface area contributed by atoms with E-state index in [1.54, 1.807) is 11.8 Å². The van der Waals surface area contributed by atoms with Gasteiger partial charge in [0.05, 0.1) is 11.1 Å². The smallest absolute Gasteiger partial charge is 0.261 e. The zero-order chi connectivity index (χ0) is 16.6. The Hall–Kier alpha value is -1.33. The van der Waals surface area contributed by atoms with E-state index in [1.807, 2.05) is 11.9 Å². The molecule has 1 spiro atoms. The summed E-state index contributed by atoms with van der Waals surface area (Å²) in [7, 11) is 0. The Morgan fingerprint density at radius 1 is 1.29 bits per heavy atom. The van der Waals surface area contributed by atoms with Gasteiger partial charge in [-0.15, -0.1) is 0 Å². The lowest BCUT2D eigenvalue weighted by Crippen LogP contribution is -2.51. The third-order valence-corrected chi connectivity index (χ3v) is 6.68. The second kappa shape index (κ2) is 6.52. The van der Waals surface area contributed by atoms with Crippen LogP contribution >= 0.6 is 11.8 Å². The van der Waals surface area contributed by atoms with Crippen molar-refractivity contribution in [2.75, 3.05) is 6.54 Å². The largest absolute Gasteiger partial charge is 0.306 e. The first-order valence-corrected chi connectivity index (χ1v) is 9.92. The molecule has 1 aromatic carbocycles. The Morgan fingerprint density at radius 2 is 2.17 bits per heavy atom. The minimum atomic E-state index is -0.329. The SMILES string of the molecule is CC1=NN(C(=O)C2CCCCCN2)C2(CCCc3ccccc32)S1. The van der Waals surface area contributed by atoms with Crippen LogP contribution in [0.2, 0.25) is 0 Å². The summed E-state index contributed by atoms with van der Waals surface area (Å²) in [6.45, 7) is 2.96. The highest BCUT2D eigenvalue weighted by atomic mass is 32.2. The van der Waals surface area contributed by atoms with Gasteiger partial charge in [-0.1, -0.05) is 48.9 Å². The van der Waals surface area contributed by atoms with Crippen molar-refractivity contribution in [3.63, 3.8) is 0 Å². The zero-order valence-electron chi connectivity index (χ0n) is 14.3. The minimum Gasteiger partial charge on any atom is -0.306 e. The fourth-order valence-electron chi connectivity index (χ4n) is 4.24. The molecule has 0 bridgehead atoms. The molecule has 2 heterocycles.